The highest BCUT2D eigenvalue weighted by Gasteiger charge is 2.47. The highest BCUT2D eigenvalue weighted by atomic mass is 16.3. The predicted octanol–water partition coefficient (Wildman–Crippen LogP) is 1.66. The zero-order chi connectivity index (χ0) is 7.30. The number of hydrogen-bond donors (Lipinski definition) is 1. The standard InChI is InChI=1S/C9H16O/c1-5-6(2)8-3-7(5)4-9(8)10/h5-10H,3-4H2,1-2H3/t5-,6-,7-,8-,9-/m0/s1. The molecule has 1 N–H and O–H groups in total. The Morgan fingerprint density at radius 3 is 2.20 bits per heavy atom. The zero-order valence-electron chi connectivity index (χ0n) is 6.75. The summed E-state index contributed by atoms with van der Waals surface area (Å²) in [6.45, 7) is 4.62. The van der Waals surface area contributed by atoms with Crippen molar-refractivity contribution < 1.29 is 5.11 Å². The second kappa shape index (κ2) is 1.97. The average molecular weight is 140 g/mol. The minimum Gasteiger partial charge on any atom is -0.393 e. The molecule has 2 fully saturated rings. The quantitative estimate of drug-likeness (QED) is 0.542. The average Bonchev–Trinajstić information content (AvgIpc) is 2.36. The topological polar surface area (TPSA) is 20.2 Å². The third kappa shape index (κ3) is 0.672. The van der Waals surface area contributed by atoms with E-state index in [4.69, 9.17) is 0 Å². The minimum absolute atomic E-state index is 0.0381. The first-order chi connectivity index (χ1) is 4.70. The number of aliphatic hydroxyl groups excluding tert-OH is 1. The molecule has 0 aromatic rings. The van der Waals surface area contributed by atoms with E-state index in [9.17, 15) is 5.11 Å². The molecule has 58 valence electrons. The van der Waals surface area contributed by atoms with E-state index < -0.39 is 0 Å². The Hall–Kier alpha value is -0.0400. The fourth-order valence-electron chi connectivity index (χ4n) is 2.90. The minimum atomic E-state index is 0.0381. The van der Waals surface area contributed by atoms with Crippen molar-refractivity contribution in [2.24, 2.45) is 23.7 Å². The lowest BCUT2D eigenvalue weighted by Crippen LogP contribution is -2.27. The maximum absolute atomic E-state index is 9.51. The Morgan fingerprint density at radius 2 is 1.80 bits per heavy atom. The van der Waals surface area contributed by atoms with E-state index in [0.29, 0.717) is 5.92 Å². The summed E-state index contributed by atoms with van der Waals surface area (Å²) in [6, 6.07) is 0. The SMILES string of the molecule is C[C@@H]1[C@H]2C[C@@H]([C@H]1C)[C@@H](O)C2. The molecule has 1 nitrogen and oxygen atoms in total. The van der Waals surface area contributed by atoms with Gasteiger partial charge in [0.1, 0.15) is 0 Å². The molecule has 0 aliphatic heterocycles. The van der Waals surface area contributed by atoms with Gasteiger partial charge in [-0.2, -0.15) is 0 Å². The molecule has 2 bridgehead atoms. The molecule has 2 rings (SSSR count). The van der Waals surface area contributed by atoms with Crippen molar-refractivity contribution in [1.29, 1.82) is 0 Å². The second-order valence-corrected chi connectivity index (χ2v) is 4.18. The highest BCUT2D eigenvalue weighted by Crippen LogP contribution is 2.51. The van der Waals surface area contributed by atoms with Crippen LogP contribution in [0.25, 0.3) is 0 Å². The monoisotopic (exact) mass is 140 g/mol. The molecule has 5 atom stereocenters. The lowest BCUT2D eigenvalue weighted by molar-refractivity contribution is 0.0645. The van der Waals surface area contributed by atoms with Gasteiger partial charge in [-0.3, -0.25) is 0 Å². The van der Waals surface area contributed by atoms with E-state index in [0.717, 1.165) is 24.2 Å². The van der Waals surface area contributed by atoms with Gasteiger partial charge in [0.15, 0.2) is 0 Å². The Kier molecular flexibility index (Phi) is 1.31. The van der Waals surface area contributed by atoms with Crippen LogP contribution in [0, 0.1) is 23.7 Å². The number of hydrogen-bond acceptors (Lipinski definition) is 1. The number of fused-ring (bicyclic) bond motifs is 2. The zero-order valence-corrected chi connectivity index (χ0v) is 6.75. The van der Waals surface area contributed by atoms with Gasteiger partial charge in [0.2, 0.25) is 0 Å². The van der Waals surface area contributed by atoms with Crippen molar-refractivity contribution in [2.45, 2.75) is 32.8 Å². The van der Waals surface area contributed by atoms with Gasteiger partial charge in [0.25, 0.3) is 0 Å². The largest absolute Gasteiger partial charge is 0.393 e. The van der Waals surface area contributed by atoms with Crippen molar-refractivity contribution in [3.8, 4) is 0 Å². The Labute approximate surface area is 62.4 Å². The van der Waals surface area contributed by atoms with Gasteiger partial charge in [0.05, 0.1) is 6.10 Å². The van der Waals surface area contributed by atoms with Crippen LogP contribution in [0.5, 0.6) is 0 Å². The van der Waals surface area contributed by atoms with Crippen molar-refractivity contribution in [3.63, 3.8) is 0 Å². The van der Waals surface area contributed by atoms with Crippen molar-refractivity contribution in [1.82, 2.24) is 0 Å². The van der Waals surface area contributed by atoms with Gasteiger partial charge in [-0.1, -0.05) is 13.8 Å². The van der Waals surface area contributed by atoms with Crippen LogP contribution in [0.3, 0.4) is 0 Å². The molecule has 2 aliphatic rings. The molecule has 0 aromatic heterocycles. The molecular formula is C9H16O. The van der Waals surface area contributed by atoms with Crippen LogP contribution in [-0.4, -0.2) is 11.2 Å². The molecule has 0 saturated heterocycles. The molecular weight excluding hydrogens is 124 g/mol. The normalized spacial score (nSPS) is 59.7. The third-order valence-electron chi connectivity index (χ3n) is 3.86. The van der Waals surface area contributed by atoms with E-state index in [1.807, 2.05) is 0 Å². The van der Waals surface area contributed by atoms with Crippen molar-refractivity contribution >= 4 is 0 Å². The van der Waals surface area contributed by atoms with E-state index in [2.05, 4.69) is 13.8 Å². The summed E-state index contributed by atoms with van der Waals surface area (Å²) in [5, 5.41) is 9.51. The van der Waals surface area contributed by atoms with E-state index in [-0.39, 0.29) is 6.10 Å². The lowest BCUT2D eigenvalue weighted by atomic mass is 9.80. The summed E-state index contributed by atoms with van der Waals surface area (Å²) in [6.07, 6.45) is 2.41. The van der Waals surface area contributed by atoms with Crippen LogP contribution in [0.4, 0.5) is 0 Å². The first-order valence-corrected chi connectivity index (χ1v) is 4.38. The lowest BCUT2D eigenvalue weighted by Gasteiger charge is -2.28. The second-order valence-electron chi connectivity index (χ2n) is 4.18. The molecule has 0 amide bonds. The predicted molar refractivity (Wildman–Crippen MR) is 40.5 cm³/mol. The highest BCUT2D eigenvalue weighted by molar-refractivity contribution is 4.97. The van der Waals surface area contributed by atoms with Crippen molar-refractivity contribution in [3.05, 3.63) is 0 Å². The van der Waals surface area contributed by atoms with Crippen molar-refractivity contribution in [2.75, 3.05) is 0 Å². The summed E-state index contributed by atoms with van der Waals surface area (Å²) in [7, 11) is 0. The van der Waals surface area contributed by atoms with Gasteiger partial charge < -0.3 is 5.11 Å². The third-order valence-corrected chi connectivity index (χ3v) is 3.86. The Bertz CT molecular complexity index is 142. The molecule has 2 saturated carbocycles. The molecule has 1 heteroatoms. The van der Waals surface area contributed by atoms with Crippen LogP contribution < -0.4 is 0 Å². The maximum Gasteiger partial charge on any atom is 0.0573 e. The molecule has 2 aliphatic carbocycles. The Morgan fingerprint density at radius 1 is 1.10 bits per heavy atom. The van der Waals surface area contributed by atoms with E-state index in [1.54, 1.807) is 0 Å². The molecule has 0 spiro atoms. The van der Waals surface area contributed by atoms with Crippen LogP contribution >= 0.6 is 0 Å². The first-order valence-electron chi connectivity index (χ1n) is 4.38. The van der Waals surface area contributed by atoms with Crippen LogP contribution in [0.15, 0.2) is 0 Å². The van der Waals surface area contributed by atoms with Crippen LogP contribution in [-0.2, 0) is 0 Å². The summed E-state index contributed by atoms with van der Waals surface area (Å²) in [4.78, 5) is 0. The fourth-order valence-corrected chi connectivity index (χ4v) is 2.90. The van der Waals surface area contributed by atoms with E-state index >= 15 is 0 Å². The molecule has 0 radical (unpaired) electrons. The smallest absolute Gasteiger partial charge is 0.0573 e. The molecule has 10 heavy (non-hydrogen) atoms. The fraction of sp³-hybridized carbons (Fsp3) is 1.00. The summed E-state index contributed by atoms with van der Waals surface area (Å²) in [5.74, 6) is 3.12. The van der Waals surface area contributed by atoms with Gasteiger partial charge in [-0.15, -0.1) is 0 Å². The summed E-state index contributed by atoms with van der Waals surface area (Å²) >= 11 is 0. The molecule has 0 heterocycles. The van der Waals surface area contributed by atoms with Crippen LogP contribution in [0.1, 0.15) is 26.7 Å². The molecule has 0 aromatic carbocycles. The van der Waals surface area contributed by atoms with E-state index in [1.165, 1.54) is 6.42 Å². The van der Waals surface area contributed by atoms with Crippen LogP contribution in [0.2, 0.25) is 0 Å². The van der Waals surface area contributed by atoms with Gasteiger partial charge in [-0.25, -0.2) is 0 Å². The maximum atomic E-state index is 9.51. The number of aliphatic hydroxyl groups is 1. The number of rotatable bonds is 0. The summed E-state index contributed by atoms with van der Waals surface area (Å²) < 4.78 is 0. The summed E-state index contributed by atoms with van der Waals surface area (Å²) in [5.41, 5.74) is 0. The first kappa shape index (κ1) is 6.66. The van der Waals surface area contributed by atoms with Gasteiger partial charge in [-0.05, 0) is 36.5 Å². The van der Waals surface area contributed by atoms with Gasteiger partial charge in [0, 0.05) is 0 Å². The molecule has 0 unspecified atom stereocenters. The Balaban J connectivity index is 2.16. The van der Waals surface area contributed by atoms with Gasteiger partial charge >= 0.3 is 0 Å².